The fourth-order valence-corrected chi connectivity index (χ4v) is 1.61. The van der Waals surface area contributed by atoms with E-state index in [1.807, 2.05) is 6.92 Å². The monoisotopic (exact) mass is 214 g/mol. The minimum atomic E-state index is 0.124. The fourth-order valence-electron chi connectivity index (χ4n) is 1.41. The summed E-state index contributed by atoms with van der Waals surface area (Å²) < 4.78 is 0. The van der Waals surface area contributed by atoms with Gasteiger partial charge in [-0.3, -0.25) is 4.79 Å². The molecule has 4 heteroatoms. The highest BCUT2D eigenvalue weighted by molar-refractivity contribution is 7.80. The predicted octanol–water partition coefficient (Wildman–Crippen LogP) is 1.36. The Morgan fingerprint density at radius 3 is 2.71 bits per heavy atom. The van der Waals surface area contributed by atoms with E-state index in [9.17, 15) is 4.79 Å². The molecule has 1 aliphatic carbocycles. The van der Waals surface area contributed by atoms with Gasteiger partial charge in [-0.2, -0.15) is 0 Å². The summed E-state index contributed by atoms with van der Waals surface area (Å²) in [5.74, 6) is 0.785. The molecule has 0 aromatic heterocycles. The Hall–Kier alpha value is -0.640. The molecule has 0 saturated heterocycles. The normalized spacial score (nSPS) is 17.5. The van der Waals surface area contributed by atoms with Crippen LogP contribution >= 0.6 is 12.2 Å². The Labute approximate surface area is 90.4 Å². The molecule has 0 spiro atoms. The van der Waals surface area contributed by atoms with Gasteiger partial charge < -0.3 is 11.1 Å². The van der Waals surface area contributed by atoms with E-state index in [-0.39, 0.29) is 11.9 Å². The average molecular weight is 214 g/mol. The van der Waals surface area contributed by atoms with Crippen LogP contribution < -0.4 is 11.1 Å². The lowest BCUT2D eigenvalue weighted by Crippen LogP contribution is -2.37. The van der Waals surface area contributed by atoms with E-state index >= 15 is 0 Å². The van der Waals surface area contributed by atoms with Gasteiger partial charge in [0.05, 0.1) is 4.99 Å². The summed E-state index contributed by atoms with van der Waals surface area (Å²) in [5, 5.41) is 2.96. The summed E-state index contributed by atoms with van der Waals surface area (Å²) in [6.07, 6.45) is 4.59. The first-order chi connectivity index (χ1) is 6.61. The second-order valence-electron chi connectivity index (χ2n) is 3.99. The van der Waals surface area contributed by atoms with Crippen LogP contribution in [0.15, 0.2) is 0 Å². The number of nitrogens with two attached hydrogens (primary N) is 1. The second kappa shape index (κ2) is 5.29. The van der Waals surface area contributed by atoms with Crippen molar-refractivity contribution in [3.63, 3.8) is 0 Å². The summed E-state index contributed by atoms with van der Waals surface area (Å²) >= 11 is 4.82. The molecule has 3 nitrogen and oxygen atoms in total. The number of carbonyl (C=O) groups excluding carboxylic acids is 1. The Morgan fingerprint density at radius 1 is 1.64 bits per heavy atom. The van der Waals surface area contributed by atoms with Crippen LogP contribution in [-0.4, -0.2) is 16.9 Å². The van der Waals surface area contributed by atoms with Crippen molar-refractivity contribution in [3.8, 4) is 0 Å². The van der Waals surface area contributed by atoms with Gasteiger partial charge >= 0.3 is 0 Å². The highest BCUT2D eigenvalue weighted by atomic mass is 32.1. The minimum absolute atomic E-state index is 0.124. The van der Waals surface area contributed by atoms with Crippen LogP contribution in [0.1, 0.15) is 39.0 Å². The van der Waals surface area contributed by atoms with Crippen LogP contribution in [0.3, 0.4) is 0 Å². The number of thiocarbonyl (C=S) groups is 1. The first kappa shape index (κ1) is 11.4. The topological polar surface area (TPSA) is 55.1 Å². The Bertz CT molecular complexity index is 226. The summed E-state index contributed by atoms with van der Waals surface area (Å²) in [7, 11) is 0. The lowest BCUT2D eigenvalue weighted by atomic mass is 10.1. The molecular formula is C10H18N2OS. The molecule has 1 saturated carbocycles. The van der Waals surface area contributed by atoms with Gasteiger partial charge in [-0.15, -0.1) is 0 Å². The number of hydrogen-bond donors (Lipinski definition) is 2. The SMILES string of the molecule is CCC(CC(N)=S)NC(=O)CC1CC1. The van der Waals surface area contributed by atoms with Gasteiger partial charge in [0.2, 0.25) is 5.91 Å². The standard InChI is InChI=1S/C10H18N2OS/c1-2-8(6-9(11)14)12-10(13)5-7-3-4-7/h7-8H,2-6H2,1H3,(H2,11,14)(H,12,13). The van der Waals surface area contributed by atoms with Crippen molar-refractivity contribution in [2.75, 3.05) is 0 Å². The van der Waals surface area contributed by atoms with Gasteiger partial charge in [0, 0.05) is 18.9 Å². The zero-order chi connectivity index (χ0) is 10.6. The maximum Gasteiger partial charge on any atom is 0.220 e. The number of rotatable bonds is 6. The first-order valence-electron chi connectivity index (χ1n) is 5.19. The summed E-state index contributed by atoms with van der Waals surface area (Å²) in [6.45, 7) is 2.03. The largest absolute Gasteiger partial charge is 0.393 e. The van der Waals surface area contributed by atoms with E-state index in [0.717, 1.165) is 6.42 Å². The van der Waals surface area contributed by atoms with E-state index in [1.165, 1.54) is 12.8 Å². The first-order valence-corrected chi connectivity index (χ1v) is 5.60. The van der Waals surface area contributed by atoms with Crippen LogP contribution in [-0.2, 0) is 4.79 Å². The molecule has 1 atom stereocenters. The van der Waals surface area contributed by atoms with E-state index in [0.29, 0.717) is 23.7 Å². The molecule has 0 heterocycles. The second-order valence-corrected chi connectivity index (χ2v) is 4.51. The molecule has 0 bridgehead atoms. The van der Waals surface area contributed by atoms with Gasteiger partial charge in [0.15, 0.2) is 0 Å². The third-order valence-corrected chi connectivity index (χ3v) is 2.64. The van der Waals surface area contributed by atoms with Crippen LogP contribution in [0.25, 0.3) is 0 Å². The number of amides is 1. The lowest BCUT2D eigenvalue weighted by Gasteiger charge is -2.15. The minimum Gasteiger partial charge on any atom is -0.393 e. The maximum absolute atomic E-state index is 11.4. The van der Waals surface area contributed by atoms with Crippen molar-refractivity contribution in [1.29, 1.82) is 0 Å². The highest BCUT2D eigenvalue weighted by Crippen LogP contribution is 2.32. The molecule has 1 rings (SSSR count). The molecule has 1 aliphatic rings. The molecule has 80 valence electrons. The van der Waals surface area contributed by atoms with Gasteiger partial charge in [-0.1, -0.05) is 19.1 Å². The summed E-state index contributed by atoms with van der Waals surface area (Å²) in [4.78, 5) is 11.9. The van der Waals surface area contributed by atoms with Gasteiger partial charge in [-0.25, -0.2) is 0 Å². The van der Waals surface area contributed by atoms with Crippen molar-refractivity contribution < 1.29 is 4.79 Å². The molecule has 0 aromatic carbocycles. The van der Waals surface area contributed by atoms with Crippen molar-refractivity contribution in [2.24, 2.45) is 11.7 Å². The van der Waals surface area contributed by atoms with Gasteiger partial charge in [-0.05, 0) is 25.2 Å². The lowest BCUT2D eigenvalue weighted by molar-refractivity contribution is -0.122. The van der Waals surface area contributed by atoms with E-state index < -0.39 is 0 Å². The molecule has 1 unspecified atom stereocenters. The predicted molar refractivity (Wildman–Crippen MR) is 61.0 cm³/mol. The third kappa shape index (κ3) is 4.56. The van der Waals surface area contributed by atoms with Crippen molar-refractivity contribution >= 4 is 23.1 Å². The Balaban J connectivity index is 2.23. The van der Waals surface area contributed by atoms with E-state index in [1.54, 1.807) is 0 Å². The molecular weight excluding hydrogens is 196 g/mol. The molecule has 0 aromatic rings. The molecule has 1 amide bonds. The van der Waals surface area contributed by atoms with Gasteiger partial charge in [0.1, 0.15) is 0 Å². The van der Waals surface area contributed by atoms with Crippen LogP contribution in [0.4, 0.5) is 0 Å². The molecule has 1 fully saturated rings. The average Bonchev–Trinajstić information content (AvgIpc) is 2.86. The zero-order valence-corrected chi connectivity index (χ0v) is 9.40. The summed E-state index contributed by atoms with van der Waals surface area (Å²) in [6, 6.07) is 0.124. The number of carbonyl (C=O) groups is 1. The Morgan fingerprint density at radius 2 is 2.29 bits per heavy atom. The van der Waals surface area contributed by atoms with E-state index in [2.05, 4.69) is 5.32 Å². The summed E-state index contributed by atoms with van der Waals surface area (Å²) in [5.41, 5.74) is 5.44. The molecule has 0 aliphatic heterocycles. The third-order valence-electron chi connectivity index (χ3n) is 2.48. The van der Waals surface area contributed by atoms with Crippen molar-refractivity contribution in [1.82, 2.24) is 5.32 Å². The van der Waals surface area contributed by atoms with Gasteiger partial charge in [0.25, 0.3) is 0 Å². The van der Waals surface area contributed by atoms with Crippen molar-refractivity contribution in [3.05, 3.63) is 0 Å². The molecule has 3 N–H and O–H groups in total. The van der Waals surface area contributed by atoms with Crippen LogP contribution in [0.5, 0.6) is 0 Å². The highest BCUT2D eigenvalue weighted by Gasteiger charge is 2.25. The quantitative estimate of drug-likeness (QED) is 0.656. The fraction of sp³-hybridized carbons (Fsp3) is 0.800. The van der Waals surface area contributed by atoms with E-state index in [4.69, 9.17) is 18.0 Å². The Kier molecular flexibility index (Phi) is 4.32. The van der Waals surface area contributed by atoms with Crippen LogP contribution in [0, 0.1) is 5.92 Å². The van der Waals surface area contributed by atoms with Crippen LogP contribution in [0.2, 0.25) is 0 Å². The zero-order valence-electron chi connectivity index (χ0n) is 8.58. The maximum atomic E-state index is 11.4. The molecule has 0 radical (unpaired) electrons. The number of nitrogens with one attached hydrogen (secondary N) is 1. The van der Waals surface area contributed by atoms with Crippen molar-refractivity contribution in [2.45, 2.75) is 45.1 Å². The number of hydrogen-bond acceptors (Lipinski definition) is 2. The smallest absolute Gasteiger partial charge is 0.220 e. The molecule has 14 heavy (non-hydrogen) atoms.